The molecule has 0 amide bonds. The first-order chi connectivity index (χ1) is 9.47. The van der Waals surface area contributed by atoms with Crippen LogP contribution in [0.2, 0.25) is 0 Å². The molecule has 2 unspecified atom stereocenters. The first-order valence-corrected chi connectivity index (χ1v) is 8.04. The maximum absolute atomic E-state index is 10.9. The lowest BCUT2D eigenvalue weighted by Crippen LogP contribution is -2.36. The number of nitrogens with zero attached hydrogens (tertiary/aromatic N) is 1. The molecule has 1 aliphatic heterocycles. The van der Waals surface area contributed by atoms with Gasteiger partial charge in [0.15, 0.2) is 0 Å². The smallest absolute Gasteiger partial charge is 0.0829 e. The van der Waals surface area contributed by atoms with Gasteiger partial charge in [-0.05, 0) is 43.2 Å². The SMILES string of the molecule is CC(C)c1ccc(CC2(O)CC(C)N(C3CC3)C2)cc1. The largest absolute Gasteiger partial charge is 0.388 e. The first kappa shape index (κ1) is 14.1. The summed E-state index contributed by atoms with van der Waals surface area (Å²) in [6.07, 6.45) is 4.35. The normalized spacial score (nSPS) is 31.1. The number of likely N-dealkylation sites (tertiary alicyclic amines) is 1. The van der Waals surface area contributed by atoms with Crippen molar-refractivity contribution in [2.24, 2.45) is 0 Å². The molecule has 0 bridgehead atoms. The van der Waals surface area contributed by atoms with Gasteiger partial charge < -0.3 is 5.11 Å². The van der Waals surface area contributed by atoms with E-state index in [-0.39, 0.29) is 0 Å². The Morgan fingerprint density at radius 2 is 1.90 bits per heavy atom. The minimum atomic E-state index is -0.526. The van der Waals surface area contributed by atoms with E-state index in [0.29, 0.717) is 12.0 Å². The van der Waals surface area contributed by atoms with Gasteiger partial charge in [-0.25, -0.2) is 0 Å². The number of β-amino-alcohol motifs (C(OH)–C–C–N with tert-alkyl or cyclic N) is 1. The summed E-state index contributed by atoms with van der Waals surface area (Å²) in [7, 11) is 0. The van der Waals surface area contributed by atoms with Crippen LogP contribution >= 0.6 is 0 Å². The second kappa shape index (κ2) is 5.16. The summed E-state index contributed by atoms with van der Waals surface area (Å²) in [4.78, 5) is 2.52. The lowest BCUT2D eigenvalue weighted by atomic mass is 9.91. The minimum absolute atomic E-state index is 0.526. The van der Waals surface area contributed by atoms with Gasteiger partial charge in [0, 0.05) is 25.0 Å². The number of hydrogen-bond donors (Lipinski definition) is 1. The summed E-state index contributed by atoms with van der Waals surface area (Å²) in [6, 6.07) is 10.1. The highest BCUT2D eigenvalue weighted by Gasteiger charge is 2.45. The maximum atomic E-state index is 10.9. The van der Waals surface area contributed by atoms with Crippen molar-refractivity contribution >= 4 is 0 Å². The molecule has 1 N–H and O–H groups in total. The van der Waals surface area contributed by atoms with E-state index in [0.717, 1.165) is 25.4 Å². The monoisotopic (exact) mass is 273 g/mol. The summed E-state index contributed by atoms with van der Waals surface area (Å²) in [5, 5.41) is 10.9. The van der Waals surface area contributed by atoms with Gasteiger partial charge in [-0.1, -0.05) is 38.1 Å². The van der Waals surface area contributed by atoms with Gasteiger partial charge >= 0.3 is 0 Å². The lowest BCUT2D eigenvalue weighted by Gasteiger charge is -2.24. The van der Waals surface area contributed by atoms with Crippen LogP contribution in [0.3, 0.4) is 0 Å². The summed E-state index contributed by atoms with van der Waals surface area (Å²) in [5.74, 6) is 0.573. The summed E-state index contributed by atoms with van der Waals surface area (Å²) >= 11 is 0. The fourth-order valence-electron chi connectivity index (χ4n) is 3.65. The average molecular weight is 273 g/mol. The van der Waals surface area contributed by atoms with Gasteiger partial charge in [-0.15, -0.1) is 0 Å². The predicted molar refractivity (Wildman–Crippen MR) is 83.0 cm³/mol. The zero-order chi connectivity index (χ0) is 14.3. The Morgan fingerprint density at radius 3 is 2.45 bits per heavy atom. The molecule has 1 aromatic carbocycles. The molecule has 1 aromatic rings. The fraction of sp³-hybridized carbons (Fsp3) is 0.667. The van der Waals surface area contributed by atoms with Gasteiger partial charge in [0.25, 0.3) is 0 Å². The van der Waals surface area contributed by atoms with Crippen LogP contribution in [-0.4, -0.2) is 34.2 Å². The predicted octanol–water partition coefficient (Wildman–Crippen LogP) is 3.34. The van der Waals surface area contributed by atoms with Crippen molar-refractivity contribution in [2.45, 2.75) is 70.1 Å². The van der Waals surface area contributed by atoms with Crippen molar-refractivity contribution in [2.75, 3.05) is 6.54 Å². The molecule has 1 saturated heterocycles. The Morgan fingerprint density at radius 1 is 1.25 bits per heavy atom. The van der Waals surface area contributed by atoms with E-state index in [4.69, 9.17) is 0 Å². The highest BCUT2D eigenvalue weighted by atomic mass is 16.3. The number of rotatable bonds is 4. The molecule has 1 aliphatic carbocycles. The van der Waals surface area contributed by atoms with E-state index in [9.17, 15) is 5.11 Å². The van der Waals surface area contributed by atoms with Gasteiger partial charge in [0.05, 0.1) is 5.60 Å². The Kier molecular flexibility index (Phi) is 3.64. The highest BCUT2D eigenvalue weighted by Crippen LogP contribution is 2.38. The molecule has 2 fully saturated rings. The fourth-order valence-corrected chi connectivity index (χ4v) is 3.65. The molecule has 0 spiro atoms. The van der Waals surface area contributed by atoms with Crippen LogP contribution in [0.5, 0.6) is 0 Å². The molecule has 0 radical (unpaired) electrons. The van der Waals surface area contributed by atoms with Crippen LogP contribution in [0, 0.1) is 0 Å². The van der Waals surface area contributed by atoms with E-state index in [1.807, 2.05) is 0 Å². The van der Waals surface area contributed by atoms with Crippen LogP contribution in [0.4, 0.5) is 0 Å². The molecule has 3 rings (SSSR count). The van der Waals surface area contributed by atoms with Crippen LogP contribution in [-0.2, 0) is 6.42 Å². The van der Waals surface area contributed by atoms with Crippen LogP contribution in [0.25, 0.3) is 0 Å². The third-order valence-corrected chi connectivity index (χ3v) is 4.91. The van der Waals surface area contributed by atoms with Crippen molar-refractivity contribution < 1.29 is 5.11 Å². The van der Waals surface area contributed by atoms with Crippen LogP contribution < -0.4 is 0 Å². The van der Waals surface area contributed by atoms with Gasteiger partial charge in [0.2, 0.25) is 0 Å². The quantitative estimate of drug-likeness (QED) is 0.909. The highest BCUT2D eigenvalue weighted by molar-refractivity contribution is 5.26. The Labute approximate surface area is 122 Å². The summed E-state index contributed by atoms with van der Waals surface area (Å²) < 4.78 is 0. The lowest BCUT2D eigenvalue weighted by molar-refractivity contribution is 0.0487. The van der Waals surface area contributed by atoms with Crippen molar-refractivity contribution in [1.82, 2.24) is 4.90 Å². The molecule has 2 atom stereocenters. The van der Waals surface area contributed by atoms with E-state index in [1.165, 1.54) is 24.0 Å². The molecule has 1 heterocycles. The van der Waals surface area contributed by atoms with Crippen molar-refractivity contribution in [1.29, 1.82) is 0 Å². The standard InChI is InChI=1S/C18H27NO/c1-13(2)16-6-4-15(5-7-16)11-18(20)10-14(3)19(12-18)17-8-9-17/h4-7,13-14,17,20H,8-12H2,1-3H3. The topological polar surface area (TPSA) is 23.5 Å². The molecule has 2 aliphatic rings. The number of benzene rings is 1. The Bertz CT molecular complexity index is 463. The van der Waals surface area contributed by atoms with Gasteiger partial charge in [-0.2, -0.15) is 0 Å². The van der Waals surface area contributed by atoms with Crippen LogP contribution in [0.1, 0.15) is 57.1 Å². The number of aliphatic hydroxyl groups is 1. The van der Waals surface area contributed by atoms with E-state index >= 15 is 0 Å². The molecule has 20 heavy (non-hydrogen) atoms. The minimum Gasteiger partial charge on any atom is -0.388 e. The van der Waals surface area contributed by atoms with Gasteiger partial charge in [0.1, 0.15) is 0 Å². The molecule has 110 valence electrons. The first-order valence-electron chi connectivity index (χ1n) is 8.04. The third kappa shape index (κ3) is 2.91. The third-order valence-electron chi connectivity index (χ3n) is 4.91. The van der Waals surface area contributed by atoms with Crippen molar-refractivity contribution in [3.05, 3.63) is 35.4 Å². The van der Waals surface area contributed by atoms with Gasteiger partial charge in [-0.3, -0.25) is 4.90 Å². The van der Waals surface area contributed by atoms with Crippen molar-refractivity contribution in [3.63, 3.8) is 0 Å². The second-order valence-electron chi connectivity index (χ2n) is 7.25. The van der Waals surface area contributed by atoms with E-state index < -0.39 is 5.60 Å². The van der Waals surface area contributed by atoms with E-state index in [1.54, 1.807) is 0 Å². The Balaban J connectivity index is 1.67. The molecule has 0 aromatic heterocycles. The Hall–Kier alpha value is -0.860. The average Bonchev–Trinajstić information content (AvgIpc) is 3.16. The maximum Gasteiger partial charge on any atom is 0.0829 e. The molecule has 1 saturated carbocycles. The number of hydrogen-bond acceptors (Lipinski definition) is 2. The van der Waals surface area contributed by atoms with Crippen LogP contribution in [0.15, 0.2) is 24.3 Å². The molecule has 2 nitrogen and oxygen atoms in total. The zero-order valence-electron chi connectivity index (χ0n) is 13.0. The van der Waals surface area contributed by atoms with Crippen molar-refractivity contribution in [3.8, 4) is 0 Å². The summed E-state index contributed by atoms with van der Waals surface area (Å²) in [6.45, 7) is 7.55. The second-order valence-corrected chi connectivity index (χ2v) is 7.25. The molecule has 2 heteroatoms. The molecular weight excluding hydrogens is 246 g/mol. The molecular formula is C18H27NO. The zero-order valence-corrected chi connectivity index (χ0v) is 13.0. The van der Waals surface area contributed by atoms with E-state index in [2.05, 4.69) is 49.9 Å². The summed E-state index contributed by atoms with van der Waals surface area (Å²) in [5.41, 5.74) is 2.11.